The third kappa shape index (κ3) is 4.34. The fraction of sp³-hybridized carbons (Fsp3) is 0.556. The third-order valence-electron chi connectivity index (χ3n) is 7.80. The summed E-state index contributed by atoms with van der Waals surface area (Å²) in [6.07, 6.45) is -4.36. The number of methoxy groups -OCH3 is 1. The molecule has 186 valence electrons. The van der Waals surface area contributed by atoms with E-state index in [0.29, 0.717) is 18.1 Å². The highest BCUT2D eigenvalue weighted by Gasteiger charge is 2.66. The Morgan fingerprint density at radius 2 is 1.71 bits per heavy atom. The van der Waals surface area contributed by atoms with Crippen LogP contribution in [0.4, 0.5) is 13.2 Å². The van der Waals surface area contributed by atoms with Gasteiger partial charge in [-0.05, 0) is 55.9 Å². The second-order valence-corrected chi connectivity index (χ2v) is 10.3. The summed E-state index contributed by atoms with van der Waals surface area (Å²) in [6, 6.07) is 14.8. The van der Waals surface area contributed by atoms with E-state index < -0.39 is 23.5 Å². The number of aliphatic hydroxyl groups is 1. The lowest BCUT2D eigenvalue weighted by Crippen LogP contribution is -2.71. The van der Waals surface area contributed by atoms with Crippen LogP contribution in [0.5, 0.6) is 5.75 Å². The minimum absolute atomic E-state index is 0.0667. The molecule has 0 bridgehead atoms. The van der Waals surface area contributed by atoms with Gasteiger partial charge in [-0.3, -0.25) is 4.90 Å². The first-order valence-electron chi connectivity index (χ1n) is 11.9. The van der Waals surface area contributed by atoms with Crippen LogP contribution in [-0.4, -0.2) is 41.2 Å². The SMILES string of the molecule is COc1ccc([C@](O)([C@@H]2O[C@@H]3C[C@H](C)CC[C@H]3C(C)(C)N2Cc2ccccc2)C(F)(F)F)cc1. The van der Waals surface area contributed by atoms with E-state index in [0.717, 1.165) is 18.4 Å². The predicted molar refractivity (Wildman–Crippen MR) is 124 cm³/mol. The van der Waals surface area contributed by atoms with Crippen LogP contribution in [0.1, 0.15) is 51.2 Å². The predicted octanol–water partition coefficient (Wildman–Crippen LogP) is 5.89. The summed E-state index contributed by atoms with van der Waals surface area (Å²) in [5.41, 5.74) is -3.25. The van der Waals surface area contributed by atoms with Crippen molar-refractivity contribution >= 4 is 0 Å². The molecule has 2 aromatic carbocycles. The number of rotatable bonds is 5. The van der Waals surface area contributed by atoms with Crippen molar-refractivity contribution in [3.05, 3.63) is 65.7 Å². The number of fused-ring (bicyclic) bond motifs is 1. The fourth-order valence-electron chi connectivity index (χ4n) is 5.72. The highest BCUT2D eigenvalue weighted by molar-refractivity contribution is 5.33. The van der Waals surface area contributed by atoms with Crippen LogP contribution in [0.25, 0.3) is 0 Å². The zero-order valence-electron chi connectivity index (χ0n) is 20.2. The minimum Gasteiger partial charge on any atom is -0.497 e. The molecule has 1 heterocycles. The number of ether oxygens (including phenoxy) is 2. The summed E-state index contributed by atoms with van der Waals surface area (Å²) < 4.78 is 55.9. The van der Waals surface area contributed by atoms with Crippen LogP contribution in [0.3, 0.4) is 0 Å². The summed E-state index contributed by atoms with van der Waals surface area (Å²) in [7, 11) is 1.45. The monoisotopic (exact) mass is 477 g/mol. The molecule has 0 amide bonds. The van der Waals surface area contributed by atoms with Crippen LogP contribution in [0.2, 0.25) is 0 Å². The molecular weight excluding hydrogens is 443 g/mol. The van der Waals surface area contributed by atoms with Gasteiger partial charge in [-0.2, -0.15) is 13.2 Å². The zero-order chi connectivity index (χ0) is 24.7. The van der Waals surface area contributed by atoms with Gasteiger partial charge in [-0.15, -0.1) is 0 Å². The van der Waals surface area contributed by atoms with Gasteiger partial charge in [-0.1, -0.05) is 55.8 Å². The number of benzene rings is 2. The lowest BCUT2D eigenvalue weighted by atomic mass is 9.68. The molecule has 2 fully saturated rings. The summed E-state index contributed by atoms with van der Waals surface area (Å²) in [6.45, 7) is 6.32. The zero-order valence-corrected chi connectivity index (χ0v) is 20.2. The van der Waals surface area contributed by atoms with Gasteiger partial charge >= 0.3 is 6.18 Å². The Morgan fingerprint density at radius 3 is 2.29 bits per heavy atom. The van der Waals surface area contributed by atoms with Crippen molar-refractivity contribution in [2.75, 3.05) is 7.11 Å². The molecule has 0 radical (unpaired) electrons. The second-order valence-electron chi connectivity index (χ2n) is 10.3. The van der Waals surface area contributed by atoms with E-state index in [-0.39, 0.29) is 24.1 Å². The smallest absolute Gasteiger partial charge is 0.425 e. The molecule has 1 N–H and O–H groups in total. The summed E-state index contributed by atoms with van der Waals surface area (Å²) in [5.74, 6) is 0.843. The molecule has 7 heteroatoms. The van der Waals surface area contributed by atoms with Gasteiger partial charge in [0.25, 0.3) is 0 Å². The van der Waals surface area contributed by atoms with Crippen molar-refractivity contribution in [1.29, 1.82) is 0 Å². The van der Waals surface area contributed by atoms with Gasteiger partial charge in [-0.25, -0.2) is 0 Å². The fourth-order valence-corrected chi connectivity index (χ4v) is 5.72. The topological polar surface area (TPSA) is 41.9 Å². The Bertz CT molecular complexity index is 963. The Morgan fingerprint density at radius 1 is 1.06 bits per heavy atom. The maximum absolute atomic E-state index is 14.8. The van der Waals surface area contributed by atoms with E-state index >= 15 is 0 Å². The molecule has 1 saturated carbocycles. The number of halogens is 3. The Balaban J connectivity index is 1.84. The number of nitrogens with zero attached hydrogens (tertiary/aromatic N) is 1. The van der Waals surface area contributed by atoms with Gasteiger partial charge < -0.3 is 14.6 Å². The molecule has 1 aliphatic carbocycles. The van der Waals surface area contributed by atoms with Crippen molar-refractivity contribution in [2.24, 2.45) is 11.8 Å². The van der Waals surface area contributed by atoms with Gasteiger partial charge in [0.15, 0.2) is 6.23 Å². The molecule has 4 nitrogen and oxygen atoms in total. The van der Waals surface area contributed by atoms with Gasteiger partial charge in [0, 0.05) is 18.0 Å². The van der Waals surface area contributed by atoms with Crippen molar-refractivity contribution in [3.63, 3.8) is 0 Å². The lowest BCUT2D eigenvalue weighted by molar-refractivity contribution is -0.366. The summed E-state index contributed by atoms with van der Waals surface area (Å²) >= 11 is 0. The van der Waals surface area contributed by atoms with Crippen LogP contribution < -0.4 is 4.74 Å². The van der Waals surface area contributed by atoms with Crippen molar-refractivity contribution in [3.8, 4) is 5.75 Å². The van der Waals surface area contributed by atoms with E-state index in [2.05, 4.69) is 6.92 Å². The van der Waals surface area contributed by atoms with Gasteiger partial charge in [0.1, 0.15) is 5.75 Å². The first-order valence-corrected chi connectivity index (χ1v) is 11.9. The molecular formula is C27H34F3NO3. The highest BCUT2D eigenvalue weighted by atomic mass is 19.4. The first kappa shape index (κ1) is 25.0. The third-order valence-corrected chi connectivity index (χ3v) is 7.80. The molecule has 2 aliphatic rings. The van der Waals surface area contributed by atoms with Crippen molar-refractivity contribution in [1.82, 2.24) is 4.90 Å². The van der Waals surface area contributed by atoms with Gasteiger partial charge in [0.2, 0.25) is 5.60 Å². The van der Waals surface area contributed by atoms with E-state index in [1.807, 2.05) is 44.2 Å². The summed E-state index contributed by atoms with van der Waals surface area (Å²) in [4.78, 5) is 1.72. The summed E-state index contributed by atoms with van der Waals surface area (Å²) in [5, 5.41) is 11.6. The van der Waals surface area contributed by atoms with Crippen molar-refractivity contribution < 1.29 is 27.8 Å². The Labute approximate surface area is 199 Å². The van der Waals surface area contributed by atoms with Crippen LogP contribution in [-0.2, 0) is 16.9 Å². The number of alkyl halides is 3. The average molecular weight is 478 g/mol. The molecule has 1 saturated heterocycles. The maximum atomic E-state index is 14.8. The maximum Gasteiger partial charge on any atom is 0.425 e. The number of hydrogen-bond donors (Lipinski definition) is 1. The lowest BCUT2D eigenvalue weighted by Gasteiger charge is -2.60. The first-order chi connectivity index (χ1) is 16.0. The average Bonchev–Trinajstić information content (AvgIpc) is 2.80. The van der Waals surface area contributed by atoms with E-state index in [1.165, 1.54) is 31.4 Å². The standard InChI is InChI=1S/C27H34F3NO3/c1-18-10-15-22-23(16-18)34-24(31(25(22,2)3)17-19-8-6-5-7-9-19)26(32,27(28,29)30)20-11-13-21(33-4)14-12-20/h5-9,11-14,18,22-24,32H,10,15-17H2,1-4H3/t18-,22-,23-,24+,26+/m1/s1. The number of hydrogen-bond acceptors (Lipinski definition) is 4. The van der Waals surface area contributed by atoms with E-state index in [4.69, 9.17) is 9.47 Å². The van der Waals surface area contributed by atoms with Crippen LogP contribution >= 0.6 is 0 Å². The van der Waals surface area contributed by atoms with Crippen LogP contribution in [0.15, 0.2) is 54.6 Å². The molecule has 34 heavy (non-hydrogen) atoms. The van der Waals surface area contributed by atoms with Crippen LogP contribution in [0, 0.1) is 11.8 Å². The molecule has 0 unspecified atom stereocenters. The molecule has 4 rings (SSSR count). The van der Waals surface area contributed by atoms with E-state index in [9.17, 15) is 18.3 Å². The normalized spacial score (nSPS) is 29.2. The molecule has 0 aromatic heterocycles. The Kier molecular flexibility index (Phi) is 6.75. The molecule has 0 spiro atoms. The quantitative estimate of drug-likeness (QED) is 0.583. The molecule has 5 atom stereocenters. The molecule has 2 aromatic rings. The van der Waals surface area contributed by atoms with E-state index in [1.54, 1.807) is 4.90 Å². The van der Waals surface area contributed by atoms with Gasteiger partial charge in [0.05, 0.1) is 13.2 Å². The molecule has 1 aliphatic heterocycles. The highest BCUT2D eigenvalue weighted by Crippen LogP contribution is 2.52. The minimum atomic E-state index is -4.97. The van der Waals surface area contributed by atoms with Crippen molar-refractivity contribution in [2.45, 2.75) is 76.2 Å². The Hall–Kier alpha value is -2.09. The largest absolute Gasteiger partial charge is 0.497 e. The second kappa shape index (κ2) is 9.17.